The van der Waals surface area contributed by atoms with Crippen molar-refractivity contribution in [3.8, 4) is 0 Å². The molecule has 0 amide bonds. The van der Waals surface area contributed by atoms with Gasteiger partial charge in [-0.15, -0.1) is 0 Å². The van der Waals surface area contributed by atoms with Crippen molar-refractivity contribution in [3.05, 3.63) is 70.3 Å². The first kappa shape index (κ1) is 18.1. The number of nitrogens with one attached hydrogen (secondary N) is 1. The fraction of sp³-hybridized carbons (Fsp3) is 0.250. The standard InChI is InChI=1S/C16H18N2O5S/c1-23-12-14(11-13-7-3-2-4-8-13)17-24(21,22)16-10-6-5-9-15(16)18(19)20/h2-10,14,17H,11-12H2,1H3. The van der Waals surface area contributed by atoms with Crippen molar-refractivity contribution < 1.29 is 18.1 Å². The van der Waals surface area contributed by atoms with Crippen LogP contribution in [0.25, 0.3) is 0 Å². The maximum absolute atomic E-state index is 12.6. The Hall–Kier alpha value is -2.29. The highest BCUT2D eigenvalue weighted by Gasteiger charge is 2.27. The summed E-state index contributed by atoms with van der Waals surface area (Å²) in [6, 6.07) is 14.0. The molecule has 0 aliphatic heterocycles. The summed E-state index contributed by atoms with van der Waals surface area (Å²) in [6.45, 7) is 0.148. The summed E-state index contributed by atoms with van der Waals surface area (Å²) in [7, 11) is -2.58. The second kappa shape index (κ2) is 8.00. The molecule has 128 valence electrons. The van der Waals surface area contributed by atoms with E-state index in [9.17, 15) is 18.5 Å². The van der Waals surface area contributed by atoms with Crippen molar-refractivity contribution in [1.82, 2.24) is 4.72 Å². The highest BCUT2D eigenvalue weighted by atomic mass is 32.2. The number of nitrogens with zero attached hydrogens (tertiary/aromatic N) is 1. The van der Waals surface area contributed by atoms with E-state index in [4.69, 9.17) is 4.74 Å². The molecule has 0 saturated carbocycles. The summed E-state index contributed by atoms with van der Waals surface area (Å²) in [5.74, 6) is 0. The van der Waals surface area contributed by atoms with Crippen LogP contribution in [0.15, 0.2) is 59.5 Å². The zero-order valence-corrected chi connectivity index (χ0v) is 13.9. The van der Waals surface area contributed by atoms with Gasteiger partial charge in [0, 0.05) is 19.2 Å². The lowest BCUT2D eigenvalue weighted by molar-refractivity contribution is -0.387. The molecule has 2 aromatic carbocycles. The largest absolute Gasteiger partial charge is 0.383 e. The van der Waals surface area contributed by atoms with Gasteiger partial charge in [-0.3, -0.25) is 10.1 Å². The van der Waals surface area contributed by atoms with Crippen molar-refractivity contribution >= 4 is 15.7 Å². The van der Waals surface area contributed by atoms with Gasteiger partial charge >= 0.3 is 0 Å². The fourth-order valence-electron chi connectivity index (χ4n) is 2.35. The molecule has 2 aromatic rings. The van der Waals surface area contributed by atoms with E-state index in [-0.39, 0.29) is 11.5 Å². The number of ether oxygens (including phenoxy) is 1. The Morgan fingerprint density at radius 1 is 1.12 bits per heavy atom. The van der Waals surface area contributed by atoms with Crippen molar-refractivity contribution in [2.75, 3.05) is 13.7 Å². The molecule has 0 radical (unpaired) electrons. The number of hydrogen-bond acceptors (Lipinski definition) is 5. The lowest BCUT2D eigenvalue weighted by atomic mass is 10.1. The lowest BCUT2D eigenvalue weighted by Crippen LogP contribution is -2.39. The Balaban J connectivity index is 2.26. The van der Waals surface area contributed by atoms with Crippen molar-refractivity contribution in [2.45, 2.75) is 17.4 Å². The fourth-order valence-corrected chi connectivity index (χ4v) is 3.75. The zero-order valence-electron chi connectivity index (χ0n) is 13.1. The van der Waals surface area contributed by atoms with Crippen LogP contribution in [-0.4, -0.2) is 33.1 Å². The zero-order chi connectivity index (χ0) is 17.6. The lowest BCUT2D eigenvalue weighted by Gasteiger charge is -2.18. The van der Waals surface area contributed by atoms with E-state index < -0.39 is 26.7 Å². The third kappa shape index (κ3) is 4.60. The van der Waals surface area contributed by atoms with Gasteiger partial charge in [0.25, 0.3) is 5.69 Å². The highest BCUT2D eigenvalue weighted by Crippen LogP contribution is 2.23. The molecule has 0 aliphatic rings. The number of rotatable bonds is 8. The van der Waals surface area contributed by atoms with Crippen LogP contribution in [-0.2, 0) is 21.2 Å². The van der Waals surface area contributed by atoms with Crippen LogP contribution in [0.2, 0.25) is 0 Å². The van der Waals surface area contributed by atoms with Crippen molar-refractivity contribution in [3.63, 3.8) is 0 Å². The first-order valence-electron chi connectivity index (χ1n) is 7.22. The van der Waals surface area contributed by atoms with Gasteiger partial charge in [-0.2, -0.15) is 0 Å². The van der Waals surface area contributed by atoms with Crippen molar-refractivity contribution in [2.24, 2.45) is 0 Å². The molecule has 1 atom stereocenters. The molecule has 0 bridgehead atoms. The molecule has 0 spiro atoms. The minimum atomic E-state index is -4.05. The Morgan fingerprint density at radius 3 is 2.38 bits per heavy atom. The predicted molar refractivity (Wildman–Crippen MR) is 89.2 cm³/mol. The summed E-state index contributed by atoms with van der Waals surface area (Å²) in [4.78, 5) is 9.99. The summed E-state index contributed by atoms with van der Waals surface area (Å²) in [5.41, 5.74) is 0.477. The molecule has 24 heavy (non-hydrogen) atoms. The van der Waals surface area contributed by atoms with E-state index in [1.165, 1.54) is 25.3 Å². The topological polar surface area (TPSA) is 98.5 Å². The first-order valence-corrected chi connectivity index (χ1v) is 8.71. The molecule has 7 nitrogen and oxygen atoms in total. The quantitative estimate of drug-likeness (QED) is 0.581. The van der Waals surface area contributed by atoms with Gasteiger partial charge in [-0.1, -0.05) is 42.5 Å². The molecular weight excluding hydrogens is 332 g/mol. The van der Waals surface area contributed by atoms with E-state index in [2.05, 4.69) is 4.72 Å². The normalized spacial score (nSPS) is 12.7. The van der Waals surface area contributed by atoms with Gasteiger partial charge in [-0.25, -0.2) is 13.1 Å². The third-order valence-electron chi connectivity index (χ3n) is 3.37. The molecule has 2 rings (SSSR count). The molecule has 1 N–H and O–H groups in total. The Morgan fingerprint density at radius 2 is 1.75 bits per heavy atom. The molecule has 0 aliphatic carbocycles. The van der Waals surface area contributed by atoms with Crippen LogP contribution < -0.4 is 4.72 Å². The maximum Gasteiger partial charge on any atom is 0.289 e. The summed E-state index contributed by atoms with van der Waals surface area (Å²) in [5, 5.41) is 11.1. The second-order valence-corrected chi connectivity index (χ2v) is 6.87. The van der Waals surface area contributed by atoms with Crippen LogP contribution in [0.5, 0.6) is 0 Å². The molecule has 0 saturated heterocycles. The molecule has 0 heterocycles. The maximum atomic E-state index is 12.6. The first-order chi connectivity index (χ1) is 11.4. The van der Waals surface area contributed by atoms with Crippen LogP contribution >= 0.6 is 0 Å². The number of hydrogen-bond donors (Lipinski definition) is 1. The van der Waals surface area contributed by atoms with Crippen LogP contribution in [0.1, 0.15) is 5.56 Å². The molecule has 0 fully saturated rings. The van der Waals surface area contributed by atoms with Crippen LogP contribution in [0.3, 0.4) is 0 Å². The van der Waals surface area contributed by atoms with E-state index >= 15 is 0 Å². The van der Waals surface area contributed by atoms with E-state index in [0.717, 1.165) is 11.6 Å². The van der Waals surface area contributed by atoms with Gasteiger partial charge in [0.15, 0.2) is 4.90 Å². The van der Waals surface area contributed by atoms with Crippen molar-refractivity contribution in [1.29, 1.82) is 0 Å². The Bertz CT molecular complexity index is 793. The molecular formula is C16H18N2O5S. The van der Waals surface area contributed by atoms with Gasteiger partial charge in [0.1, 0.15) is 0 Å². The average molecular weight is 350 g/mol. The second-order valence-electron chi connectivity index (χ2n) is 5.19. The summed E-state index contributed by atoms with van der Waals surface area (Å²) < 4.78 is 32.7. The van der Waals surface area contributed by atoms with Gasteiger partial charge in [0.05, 0.1) is 11.5 Å². The van der Waals surface area contributed by atoms with Crippen LogP contribution in [0.4, 0.5) is 5.69 Å². The van der Waals surface area contributed by atoms with Gasteiger partial charge < -0.3 is 4.74 Å². The average Bonchev–Trinajstić information content (AvgIpc) is 2.55. The number of para-hydroxylation sites is 1. The Kier molecular flexibility index (Phi) is 6.02. The van der Waals surface area contributed by atoms with E-state index in [1.807, 2.05) is 30.3 Å². The minimum Gasteiger partial charge on any atom is -0.383 e. The molecule has 8 heteroatoms. The van der Waals surface area contributed by atoms with E-state index in [0.29, 0.717) is 6.42 Å². The predicted octanol–water partition coefficient (Wildman–Crippen LogP) is 2.13. The number of nitro benzene ring substituents is 1. The van der Waals surface area contributed by atoms with E-state index in [1.54, 1.807) is 0 Å². The Labute approximate surface area is 140 Å². The monoisotopic (exact) mass is 350 g/mol. The van der Waals surface area contributed by atoms with Gasteiger partial charge in [0.2, 0.25) is 10.0 Å². The number of sulfonamides is 1. The molecule has 1 unspecified atom stereocenters. The number of methoxy groups -OCH3 is 1. The van der Waals surface area contributed by atoms with Gasteiger partial charge in [-0.05, 0) is 18.1 Å². The molecule has 0 aromatic heterocycles. The minimum absolute atomic E-state index is 0.148. The summed E-state index contributed by atoms with van der Waals surface area (Å²) in [6.07, 6.45) is 0.411. The number of benzene rings is 2. The highest BCUT2D eigenvalue weighted by molar-refractivity contribution is 7.89. The smallest absolute Gasteiger partial charge is 0.289 e. The SMILES string of the molecule is COCC(Cc1ccccc1)NS(=O)(=O)c1ccccc1[N+](=O)[O-]. The third-order valence-corrected chi connectivity index (χ3v) is 4.93. The van der Waals surface area contributed by atoms with Crippen LogP contribution in [0, 0.1) is 10.1 Å². The summed E-state index contributed by atoms with van der Waals surface area (Å²) >= 11 is 0. The number of nitro groups is 1.